The third-order valence-corrected chi connectivity index (χ3v) is 5.32. The van der Waals surface area contributed by atoms with Crippen molar-refractivity contribution in [1.82, 2.24) is 4.90 Å². The van der Waals surface area contributed by atoms with E-state index in [4.69, 9.17) is 0 Å². The zero-order valence-electron chi connectivity index (χ0n) is 16.9. The van der Waals surface area contributed by atoms with Crippen molar-refractivity contribution in [3.05, 3.63) is 70.8 Å². The normalized spacial score (nSPS) is 15.0. The minimum atomic E-state index is -0.0535. The Morgan fingerprint density at radius 3 is 2.21 bits per heavy atom. The molecule has 1 fully saturated rings. The summed E-state index contributed by atoms with van der Waals surface area (Å²) in [6.07, 6.45) is 4.85. The number of amides is 2. The lowest BCUT2D eigenvalue weighted by Gasteiger charge is -2.31. The number of hydrogen-bond donors (Lipinski definition) is 1. The number of benzene rings is 2. The first-order valence-corrected chi connectivity index (χ1v) is 9.85. The Kier molecular flexibility index (Phi) is 6.30. The Morgan fingerprint density at radius 1 is 1.00 bits per heavy atom. The second-order valence-electron chi connectivity index (χ2n) is 7.61. The summed E-state index contributed by atoms with van der Waals surface area (Å²) in [6, 6.07) is 14.0. The fraction of sp³-hybridized carbons (Fsp3) is 0.333. The first-order valence-electron chi connectivity index (χ1n) is 9.85. The second kappa shape index (κ2) is 8.87. The van der Waals surface area contributed by atoms with Crippen molar-refractivity contribution >= 4 is 23.6 Å². The van der Waals surface area contributed by atoms with Gasteiger partial charge in [0.05, 0.1) is 0 Å². The van der Waals surface area contributed by atoms with Gasteiger partial charge in [-0.1, -0.05) is 48.0 Å². The van der Waals surface area contributed by atoms with E-state index in [1.54, 1.807) is 6.08 Å². The highest BCUT2D eigenvalue weighted by atomic mass is 16.2. The predicted octanol–water partition coefficient (Wildman–Crippen LogP) is 4.50. The number of likely N-dealkylation sites (tertiary alicyclic amines) is 1. The fourth-order valence-electron chi connectivity index (χ4n) is 3.80. The molecular formula is C24H28N2O2. The highest BCUT2D eigenvalue weighted by molar-refractivity contribution is 5.95. The van der Waals surface area contributed by atoms with Crippen molar-refractivity contribution in [2.75, 3.05) is 18.4 Å². The zero-order valence-corrected chi connectivity index (χ0v) is 16.9. The van der Waals surface area contributed by atoms with Crippen LogP contribution in [0.15, 0.2) is 48.5 Å². The largest absolute Gasteiger partial charge is 0.339 e. The van der Waals surface area contributed by atoms with Crippen molar-refractivity contribution in [2.45, 2.75) is 33.6 Å². The van der Waals surface area contributed by atoms with Crippen molar-refractivity contribution < 1.29 is 9.59 Å². The number of carbonyl (C=O) groups excluding carboxylic acids is 2. The highest BCUT2D eigenvalue weighted by Crippen LogP contribution is 2.25. The molecule has 2 aromatic rings. The maximum absolute atomic E-state index is 12.7. The molecule has 1 saturated heterocycles. The van der Waals surface area contributed by atoms with Gasteiger partial charge in [-0.05, 0) is 56.4 Å². The molecule has 0 spiro atoms. The van der Waals surface area contributed by atoms with E-state index in [1.807, 2.05) is 55.2 Å². The number of nitrogens with one attached hydrogen (secondary N) is 1. The Morgan fingerprint density at radius 2 is 1.61 bits per heavy atom. The molecule has 4 heteroatoms. The van der Waals surface area contributed by atoms with Crippen LogP contribution in [0.1, 0.15) is 35.1 Å². The molecule has 2 aromatic carbocycles. The minimum Gasteiger partial charge on any atom is -0.339 e. The van der Waals surface area contributed by atoms with E-state index in [0.29, 0.717) is 25.9 Å². The molecule has 0 unspecified atom stereocenters. The number of nitrogens with zero attached hydrogens (tertiary/aromatic N) is 1. The topological polar surface area (TPSA) is 49.4 Å². The minimum absolute atomic E-state index is 0.00735. The Balaban J connectivity index is 1.54. The second-order valence-corrected chi connectivity index (χ2v) is 7.61. The summed E-state index contributed by atoms with van der Waals surface area (Å²) in [6.45, 7) is 7.33. The average Bonchev–Trinajstić information content (AvgIpc) is 2.69. The van der Waals surface area contributed by atoms with E-state index in [0.717, 1.165) is 22.4 Å². The van der Waals surface area contributed by atoms with E-state index in [9.17, 15) is 9.59 Å². The molecule has 0 bridgehead atoms. The van der Waals surface area contributed by atoms with Crippen molar-refractivity contribution in [3.8, 4) is 0 Å². The molecular weight excluding hydrogens is 348 g/mol. The molecule has 0 aliphatic carbocycles. The van der Waals surface area contributed by atoms with Gasteiger partial charge in [0.1, 0.15) is 0 Å². The van der Waals surface area contributed by atoms with E-state index in [-0.39, 0.29) is 17.7 Å². The summed E-state index contributed by atoms with van der Waals surface area (Å²) in [5.41, 5.74) is 5.30. The summed E-state index contributed by atoms with van der Waals surface area (Å²) in [5, 5.41) is 3.11. The van der Waals surface area contributed by atoms with Crippen LogP contribution >= 0.6 is 0 Å². The number of aryl methyl sites for hydroxylation is 3. The van der Waals surface area contributed by atoms with E-state index in [2.05, 4.69) is 24.4 Å². The lowest BCUT2D eigenvalue weighted by atomic mass is 9.95. The molecule has 1 aliphatic rings. The Labute approximate surface area is 167 Å². The lowest BCUT2D eigenvalue weighted by Crippen LogP contribution is -2.40. The molecule has 2 amide bonds. The fourth-order valence-corrected chi connectivity index (χ4v) is 3.80. The van der Waals surface area contributed by atoms with Crippen LogP contribution in [0, 0.1) is 26.7 Å². The van der Waals surface area contributed by atoms with Crippen LogP contribution in [0.4, 0.5) is 5.69 Å². The molecule has 3 rings (SSSR count). The van der Waals surface area contributed by atoms with Gasteiger partial charge in [0.25, 0.3) is 0 Å². The van der Waals surface area contributed by atoms with Crippen LogP contribution in [0.3, 0.4) is 0 Å². The van der Waals surface area contributed by atoms with Crippen molar-refractivity contribution in [3.63, 3.8) is 0 Å². The van der Waals surface area contributed by atoms with Crippen LogP contribution < -0.4 is 5.32 Å². The number of anilines is 1. The molecule has 1 N–H and O–H groups in total. The molecule has 4 nitrogen and oxygen atoms in total. The molecule has 1 heterocycles. The van der Waals surface area contributed by atoms with Gasteiger partial charge in [-0.15, -0.1) is 0 Å². The van der Waals surface area contributed by atoms with Gasteiger partial charge < -0.3 is 10.2 Å². The molecule has 28 heavy (non-hydrogen) atoms. The number of carbonyl (C=O) groups is 2. The Hall–Kier alpha value is -2.88. The van der Waals surface area contributed by atoms with Crippen LogP contribution in [0.25, 0.3) is 6.08 Å². The van der Waals surface area contributed by atoms with Crippen LogP contribution in [-0.4, -0.2) is 29.8 Å². The smallest absolute Gasteiger partial charge is 0.246 e. The molecule has 0 radical (unpaired) electrons. The van der Waals surface area contributed by atoms with Gasteiger partial charge in [0.15, 0.2) is 0 Å². The summed E-state index contributed by atoms with van der Waals surface area (Å²) in [4.78, 5) is 26.9. The van der Waals surface area contributed by atoms with Gasteiger partial charge in [-0.2, -0.15) is 0 Å². The number of piperidine rings is 1. The molecule has 0 atom stereocenters. The quantitative estimate of drug-likeness (QED) is 0.799. The van der Waals surface area contributed by atoms with Gasteiger partial charge in [0, 0.05) is 30.8 Å². The van der Waals surface area contributed by atoms with E-state index >= 15 is 0 Å². The summed E-state index contributed by atoms with van der Waals surface area (Å²) >= 11 is 0. The van der Waals surface area contributed by atoms with Crippen LogP contribution in [0.5, 0.6) is 0 Å². The number of hydrogen-bond acceptors (Lipinski definition) is 2. The van der Waals surface area contributed by atoms with Crippen molar-refractivity contribution in [1.29, 1.82) is 0 Å². The third kappa shape index (κ3) is 4.89. The maximum atomic E-state index is 12.7. The molecule has 1 aliphatic heterocycles. The molecule has 0 saturated carbocycles. The first-order chi connectivity index (χ1) is 13.4. The molecule has 146 valence electrons. The highest BCUT2D eigenvalue weighted by Gasteiger charge is 2.27. The van der Waals surface area contributed by atoms with Crippen molar-refractivity contribution in [2.24, 2.45) is 5.92 Å². The van der Waals surface area contributed by atoms with Crippen LogP contribution in [0.2, 0.25) is 0 Å². The van der Waals surface area contributed by atoms with Gasteiger partial charge in [-0.3, -0.25) is 9.59 Å². The number of rotatable bonds is 4. The molecule has 0 aromatic heterocycles. The Bertz CT molecular complexity index is 856. The summed E-state index contributed by atoms with van der Waals surface area (Å²) in [7, 11) is 0. The van der Waals surface area contributed by atoms with Gasteiger partial charge in [-0.25, -0.2) is 0 Å². The van der Waals surface area contributed by atoms with Gasteiger partial charge >= 0.3 is 0 Å². The average molecular weight is 377 g/mol. The van der Waals surface area contributed by atoms with Crippen LogP contribution in [-0.2, 0) is 9.59 Å². The predicted molar refractivity (Wildman–Crippen MR) is 114 cm³/mol. The SMILES string of the molecule is Cc1cc(C)c(NC(=O)C2CCN(C(=O)/C=C/c3ccccc3)CC2)c(C)c1. The third-order valence-electron chi connectivity index (χ3n) is 5.32. The summed E-state index contributed by atoms with van der Waals surface area (Å²) in [5.74, 6) is 0.0113. The van der Waals surface area contributed by atoms with E-state index in [1.165, 1.54) is 5.56 Å². The van der Waals surface area contributed by atoms with Gasteiger partial charge in [0.2, 0.25) is 11.8 Å². The lowest BCUT2D eigenvalue weighted by molar-refractivity contribution is -0.130. The first kappa shape index (κ1) is 19.9. The summed E-state index contributed by atoms with van der Waals surface area (Å²) < 4.78 is 0. The standard InChI is InChI=1S/C24H28N2O2/c1-17-15-18(2)23(19(3)16-17)25-24(28)21-11-13-26(14-12-21)22(27)10-9-20-7-5-4-6-8-20/h4-10,15-16,21H,11-14H2,1-3H3,(H,25,28)/b10-9+. The monoisotopic (exact) mass is 376 g/mol. The van der Waals surface area contributed by atoms with E-state index < -0.39 is 0 Å². The maximum Gasteiger partial charge on any atom is 0.246 e. The zero-order chi connectivity index (χ0) is 20.1.